The van der Waals surface area contributed by atoms with Crippen molar-refractivity contribution >= 4 is 21.6 Å². The third kappa shape index (κ3) is 3.75. The zero-order valence-corrected chi connectivity index (χ0v) is 12.7. The summed E-state index contributed by atoms with van der Waals surface area (Å²) < 4.78 is 12.9. The van der Waals surface area contributed by atoms with Crippen LogP contribution < -0.4 is 5.73 Å². The second kappa shape index (κ2) is 7.32. The van der Waals surface area contributed by atoms with Gasteiger partial charge in [-0.25, -0.2) is 4.68 Å². The number of hydrogen-bond donors (Lipinski definition) is 1. The van der Waals surface area contributed by atoms with Crippen LogP contribution >= 0.6 is 15.9 Å². The molecule has 1 aromatic heterocycles. The van der Waals surface area contributed by atoms with Crippen LogP contribution in [0.25, 0.3) is 11.4 Å². The topological polar surface area (TPSA) is 88.1 Å². The van der Waals surface area contributed by atoms with Gasteiger partial charge in [-0.1, -0.05) is 0 Å². The normalized spacial score (nSPS) is 10.9. The number of nitrogen functional groups attached to an aromatic ring is 1. The predicted molar refractivity (Wildman–Crippen MR) is 78.1 cm³/mol. The van der Waals surface area contributed by atoms with Gasteiger partial charge < -0.3 is 15.2 Å². The van der Waals surface area contributed by atoms with E-state index in [4.69, 9.17) is 15.2 Å². The first kappa shape index (κ1) is 14.9. The van der Waals surface area contributed by atoms with Gasteiger partial charge in [0.2, 0.25) is 0 Å². The van der Waals surface area contributed by atoms with Crippen molar-refractivity contribution in [3.05, 3.63) is 22.7 Å². The highest BCUT2D eigenvalue weighted by atomic mass is 79.9. The highest BCUT2D eigenvalue weighted by Crippen LogP contribution is 2.25. The average Bonchev–Trinajstić information content (AvgIpc) is 2.90. The number of hydrogen-bond acceptors (Lipinski definition) is 6. The fourth-order valence-corrected chi connectivity index (χ4v) is 1.89. The highest BCUT2D eigenvalue weighted by molar-refractivity contribution is 9.10. The highest BCUT2D eigenvalue weighted by Gasteiger charge is 2.10. The summed E-state index contributed by atoms with van der Waals surface area (Å²) in [5.41, 5.74) is 7.38. The lowest BCUT2D eigenvalue weighted by molar-refractivity contribution is 0.0654. The monoisotopic (exact) mass is 341 g/mol. The Kier molecular flexibility index (Phi) is 5.45. The van der Waals surface area contributed by atoms with Crippen molar-refractivity contribution in [3.63, 3.8) is 0 Å². The van der Waals surface area contributed by atoms with Crippen LogP contribution in [-0.4, -0.2) is 47.1 Å². The molecule has 108 valence electrons. The van der Waals surface area contributed by atoms with Gasteiger partial charge in [-0.15, -0.1) is 5.10 Å². The molecule has 2 rings (SSSR count). The van der Waals surface area contributed by atoms with Gasteiger partial charge in [0, 0.05) is 22.8 Å². The number of benzene rings is 1. The van der Waals surface area contributed by atoms with E-state index in [0.717, 1.165) is 10.0 Å². The molecular weight excluding hydrogens is 326 g/mol. The Labute approximate surface area is 125 Å². The van der Waals surface area contributed by atoms with E-state index in [9.17, 15) is 0 Å². The first-order valence-electron chi connectivity index (χ1n) is 6.10. The zero-order valence-electron chi connectivity index (χ0n) is 11.1. The van der Waals surface area contributed by atoms with E-state index in [2.05, 4.69) is 31.5 Å². The number of tetrazole rings is 1. The summed E-state index contributed by atoms with van der Waals surface area (Å²) in [5.74, 6) is 0.666. The minimum Gasteiger partial charge on any atom is -0.398 e. The molecule has 0 atom stereocenters. The minimum absolute atomic E-state index is 0.521. The Hall–Kier alpha value is -1.51. The third-order valence-electron chi connectivity index (χ3n) is 2.67. The van der Waals surface area contributed by atoms with Crippen LogP contribution in [0, 0.1) is 0 Å². The number of nitrogens with two attached hydrogens (primary N) is 1. The lowest BCUT2D eigenvalue weighted by atomic mass is 10.2. The Morgan fingerprint density at radius 2 is 2.15 bits per heavy atom. The second-order valence-electron chi connectivity index (χ2n) is 4.07. The van der Waals surface area contributed by atoms with Crippen molar-refractivity contribution in [3.8, 4) is 11.4 Å². The maximum absolute atomic E-state index is 5.87. The maximum atomic E-state index is 5.87. The predicted octanol–water partition coefficient (Wildman–Crippen LogP) is 1.35. The number of methoxy groups -OCH3 is 1. The lowest BCUT2D eigenvalue weighted by Gasteiger charge is -2.07. The molecule has 0 bridgehead atoms. The van der Waals surface area contributed by atoms with Crippen molar-refractivity contribution in [2.24, 2.45) is 0 Å². The number of ether oxygens (including phenoxy) is 2. The molecule has 2 aromatic rings. The van der Waals surface area contributed by atoms with Crippen molar-refractivity contribution < 1.29 is 9.47 Å². The minimum atomic E-state index is 0.521. The van der Waals surface area contributed by atoms with Gasteiger partial charge in [0.25, 0.3) is 0 Å². The van der Waals surface area contributed by atoms with Gasteiger partial charge >= 0.3 is 0 Å². The molecule has 2 N–H and O–H groups in total. The summed E-state index contributed by atoms with van der Waals surface area (Å²) in [7, 11) is 1.64. The average molecular weight is 342 g/mol. The third-order valence-corrected chi connectivity index (χ3v) is 3.39. The summed E-state index contributed by atoms with van der Waals surface area (Å²) in [6, 6.07) is 5.62. The summed E-state index contributed by atoms with van der Waals surface area (Å²) in [4.78, 5) is 0. The standard InChI is InChI=1S/C12H16BrN5O2/c1-19-6-7-20-5-4-18-12(15-16-17-18)9-2-3-10(13)11(14)8-9/h2-3,8H,4-7,14H2,1H3. The van der Waals surface area contributed by atoms with Crippen molar-refractivity contribution in [1.82, 2.24) is 20.2 Å². The van der Waals surface area contributed by atoms with Crippen molar-refractivity contribution in [1.29, 1.82) is 0 Å². The molecule has 0 aliphatic heterocycles. The van der Waals surface area contributed by atoms with E-state index in [1.807, 2.05) is 18.2 Å². The smallest absolute Gasteiger partial charge is 0.182 e. The van der Waals surface area contributed by atoms with E-state index in [-0.39, 0.29) is 0 Å². The van der Waals surface area contributed by atoms with Crippen molar-refractivity contribution in [2.75, 3.05) is 32.7 Å². The molecule has 0 unspecified atom stereocenters. The van der Waals surface area contributed by atoms with E-state index >= 15 is 0 Å². The van der Waals surface area contributed by atoms with E-state index in [0.29, 0.717) is 37.9 Å². The van der Waals surface area contributed by atoms with Crippen LogP contribution in [0.5, 0.6) is 0 Å². The van der Waals surface area contributed by atoms with Crippen LogP contribution in [-0.2, 0) is 16.0 Å². The maximum Gasteiger partial charge on any atom is 0.182 e. The molecule has 0 saturated carbocycles. The Bertz CT molecular complexity index is 561. The summed E-state index contributed by atoms with van der Waals surface area (Å²) >= 11 is 3.36. The Morgan fingerprint density at radius 1 is 1.30 bits per heavy atom. The molecule has 0 amide bonds. The molecule has 0 radical (unpaired) electrons. The fraction of sp³-hybridized carbons (Fsp3) is 0.417. The number of rotatable bonds is 7. The Balaban J connectivity index is 2.02. The van der Waals surface area contributed by atoms with Crippen LogP contribution in [0.2, 0.25) is 0 Å². The summed E-state index contributed by atoms with van der Waals surface area (Å²) in [6.07, 6.45) is 0. The van der Waals surface area contributed by atoms with E-state index in [1.54, 1.807) is 11.8 Å². The molecule has 0 spiro atoms. The Morgan fingerprint density at radius 3 is 2.90 bits per heavy atom. The first-order valence-corrected chi connectivity index (χ1v) is 6.90. The molecule has 7 nitrogen and oxygen atoms in total. The van der Waals surface area contributed by atoms with Gasteiger partial charge in [-0.05, 0) is 44.6 Å². The first-order chi connectivity index (χ1) is 9.72. The SMILES string of the molecule is COCCOCCn1nnnc1-c1ccc(Br)c(N)c1. The lowest BCUT2D eigenvalue weighted by Crippen LogP contribution is -2.11. The van der Waals surface area contributed by atoms with Gasteiger partial charge in [-0.3, -0.25) is 0 Å². The molecule has 20 heavy (non-hydrogen) atoms. The molecule has 1 heterocycles. The number of aromatic nitrogens is 4. The molecular formula is C12H16BrN5O2. The van der Waals surface area contributed by atoms with Crippen LogP contribution in [0.3, 0.4) is 0 Å². The fourth-order valence-electron chi connectivity index (χ4n) is 1.64. The summed E-state index contributed by atoms with van der Waals surface area (Å²) in [5, 5.41) is 11.7. The largest absolute Gasteiger partial charge is 0.398 e. The van der Waals surface area contributed by atoms with Crippen molar-refractivity contribution in [2.45, 2.75) is 6.54 Å². The van der Waals surface area contributed by atoms with Gasteiger partial charge in [-0.2, -0.15) is 0 Å². The van der Waals surface area contributed by atoms with Gasteiger partial charge in [0.15, 0.2) is 5.82 Å². The number of nitrogens with zero attached hydrogens (tertiary/aromatic N) is 4. The van der Waals surface area contributed by atoms with Gasteiger partial charge in [0.05, 0.1) is 26.4 Å². The quantitative estimate of drug-likeness (QED) is 0.604. The van der Waals surface area contributed by atoms with Crippen LogP contribution in [0.1, 0.15) is 0 Å². The number of anilines is 1. The van der Waals surface area contributed by atoms with Gasteiger partial charge in [0.1, 0.15) is 0 Å². The number of halogens is 1. The second-order valence-corrected chi connectivity index (χ2v) is 4.92. The molecule has 1 aromatic carbocycles. The summed E-state index contributed by atoms with van der Waals surface area (Å²) in [6.45, 7) is 2.22. The van der Waals surface area contributed by atoms with E-state index < -0.39 is 0 Å². The zero-order chi connectivity index (χ0) is 14.4. The van der Waals surface area contributed by atoms with Crippen LogP contribution in [0.4, 0.5) is 5.69 Å². The van der Waals surface area contributed by atoms with E-state index in [1.165, 1.54) is 0 Å². The van der Waals surface area contributed by atoms with Crippen LogP contribution in [0.15, 0.2) is 22.7 Å². The molecule has 0 fully saturated rings. The molecule has 0 saturated heterocycles. The molecule has 8 heteroatoms. The molecule has 0 aliphatic rings. The molecule has 0 aliphatic carbocycles.